The van der Waals surface area contributed by atoms with Crippen molar-refractivity contribution in [1.82, 2.24) is 4.90 Å². The van der Waals surface area contributed by atoms with Gasteiger partial charge in [0.2, 0.25) is 0 Å². The van der Waals surface area contributed by atoms with Gasteiger partial charge in [0.05, 0.1) is 29.0 Å². The van der Waals surface area contributed by atoms with E-state index in [1.165, 1.54) is 25.8 Å². The van der Waals surface area contributed by atoms with Crippen LogP contribution < -0.4 is 0 Å². The van der Waals surface area contributed by atoms with Crippen LogP contribution in [0.3, 0.4) is 0 Å². The molecule has 2 rings (SSSR count). The number of hydrogen-bond acceptors (Lipinski definition) is 4. The zero-order valence-electron chi connectivity index (χ0n) is 14.3. The molecule has 0 radical (unpaired) electrons. The van der Waals surface area contributed by atoms with Crippen molar-refractivity contribution in [3.63, 3.8) is 0 Å². The van der Waals surface area contributed by atoms with Crippen LogP contribution in [0.5, 0.6) is 0 Å². The SMILES string of the molecule is CO/N=C(/CCCCCCN1CCOCC1)c1ccc(Cl)c(Cl)c1. The summed E-state index contributed by atoms with van der Waals surface area (Å²) in [5.74, 6) is 0. The molecule has 0 aromatic heterocycles. The van der Waals surface area contributed by atoms with E-state index < -0.39 is 0 Å². The van der Waals surface area contributed by atoms with Crippen molar-refractivity contribution in [2.45, 2.75) is 32.1 Å². The van der Waals surface area contributed by atoms with Crippen molar-refractivity contribution in [1.29, 1.82) is 0 Å². The standard InChI is InChI=1S/C18H26Cl2N2O2/c1-23-21-18(15-7-8-16(19)17(20)14-15)6-4-2-3-5-9-22-10-12-24-13-11-22/h7-8,14H,2-6,9-13H2,1H3/b21-18-. The van der Waals surface area contributed by atoms with Gasteiger partial charge in [-0.1, -0.05) is 47.3 Å². The number of halogens is 2. The Hall–Kier alpha value is -0.810. The molecule has 0 N–H and O–H groups in total. The predicted octanol–water partition coefficient (Wildman–Crippen LogP) is 4.63. The van der Waals surface area contributed by atoms with Crippen molar-refractivity contribution in [3.8, 4) is 0 Å². The summed E-state index contributed by atoms with van der Waals surface area (Å²) in [4.78, 5) is 7.46. The molecular weight excluding hydrogens is 347 g/mol. The third-order valence-corrected chi connectivity index (χ3v) is 4.93. The summed E-state index contributed by atoms with van der Waals surface area (Å²) < 4.78 is 5.37. The number of rotatable bonds is 9. The highest BCUT2D eigenvalue weighted by Crippen LogP contribution is 2.24. The average Bonchev–Trinajstić information content (AvgIpc) is 2.60. The maximum atomic E-state index is 6.09. The molecule has 0 unspecified atom stereocenters. The third-order valence-electron chi connectivity index (χ3n) is 4.20. The van der Waals surface area contributed by atoms with E-state index in [4.69, 9.17) is 32.8 Å². The number of benzene rings is 1. The van der Waals surface area contributed by atoms with E-state index in [9.17, 15) is 0 Å². The summed E-state index contributed by atoms with van der Waals surface area (Å²) in [5.41, 5.74) is 1.89. The number of unbranched alkanes of at least 4 members (excludes halogenated alkanes) is 3. The fourth-order valence-corrected chi connectivity index (χ4v) is 3.13. The Morgan fingerprint density at radius 3 is 2.58 bits per heavy atom. The number of nitrogens with zero attached hydrogens (tertiary/aromatic N) is 2. The average molecular weight is 373 g/mol. The van der Waals surface area contributed by atoms with E-state index in [2.05, 4.69) is 10.1 Å². The van der Waals surface area contributed by atoms with E-state index in [0.717, 1.165) is 50.4 Å². The topological polar surface area (TPSA) is 34.1 Å². The molecule has 1 aliphatic rings. The van der Waals surface area contributed by atoms with Crippen molar-refractivity contribution >= 4 is 28.9 Å². The monoisotopic (exact) mass is 372 g/mol. The van der Waals surface area contributed by atoms with Crippen LogP contribution in [0.1, 0.15) is 37.7 Å². The van der Waals surface area contributed by atoms with Gasteiger partial charge in [0.25, 0.3) is 0 Å². The van der Waals surface area contributed by atoms with Crippen molar-refractivity contribution in [2.24, 2.45) is 5.16 Å². The highest BCUT2D eigenvalue weighted by Gasteiger charge is 2.10. The summed E-state index contributed by atoms with van der Waals surface area (Å²) in [6.07, 6.45) is 5.63. The quantitative estimate of drug-likeness (QED) is 0.360. The molecular formula is C18H26Cl2N2O2. The van der Waals surface area contributed by atoms with Gasteiger partial charge < -0.3 is 9.57 Å². The van der Waals surface area contributed by atoms with Gasteiger partial charge in [-0.3, -0.25) is 4.90 Å². The first-order chi connectivity index (χ1) is 11.7. The Morgan fingerprint density at radius 1 is 1.12 bits per heavy atom. The Kier molecular flexibility index (Phi) is 8.89. The summed E-state index contributed by atoms with van der Waals surface area (Å²) in [5, 5.41) is 5.25. The van der Waals surface area contributed by atoms with Crippen LogP contribution in [0.15, 0.2) is 23.4 Å². The summed E-state index contributed by atoms with van der Waals surface area (Å²) >= 11 is 12.1. The van der Waals surface area contributed by atoms with Gasteiger partial charge in [-0.25, -0.2) is 0 Å². The van der Waals surface area contributed by atoms with Crippen LogP contribution in [0.25, 0.3) is 0 Å². The van der Waals surface area contributed by atoms with E-state index in [1.54, 1.807) is 13.2 Å². The van der Waals surface area contributed by atoms with Gasteiger partial charge in [-0.2, -0.15) is 0 Å². The first kappa shape index (κ1) is 19.5. The molecule has 4 nitrogen and oxygen atoms in total. The van der Waals surface area contributed by atoms with Crippen LogP contribution in [-0.4, -0.2) is 50.6 Å². The Balaban J connectivity index is 1.70. The van der Waals surface area contributed by atoms with E-state index in [-0.39, 0.29) is 0 Å². The second-order valence-corrected chi connectivity index (χ2v) is 6.78. The molecule has 1 aromatic rings. The fourth-order valence-electron chi connectivity index (χ4n) is 2.83. The molecule has 24 heavy (non-hydrogen) atoms. The second-order valence-electron chi connectivity index (χ2n) is 5.97. The van der Waals surface area contributed by atoms with Gasteiger partial charge in [0, 0.05) is 18.7 Å². The molecule has 0 amide bonds. The number of hydrogen-bond donors (Lipinski definition) is 0. The van der Waals surface area contributed by atoms with Crippen molar-refractivity contribution in [3.05, 3.63) is 33.8 Å². The van der Waals surface area contributed by atoms with E-state index in [0.29, 0.717) is 10.0 Å². The van der Waals surface area contributed by atoms with Crippen LogP contribution in [0.2, 0.25) is 10.0 Å². The highest BCUT2D eigenvalue weighted by molar-refractivity contribution is 6.42. The number of oxime groups is 1. The van der Waals surface area contributed by atoms with Crippen LogP contribution in [0, 0.1) is 0 Å². The Labute approximate surface area is 154 Å². The molecule has 1 heterocycles. The maximum Gasteiger partial charge on any atom is 0.106 e. The van der Waals surface area contributed by atoms with E-state index >= 15 is 0 Å². The van der Waals surface area contributed by atoms with Crippen LogP contribution in [0.4, 0.5) is 0 Å². The third kappa shape index (κ3) is 6.60. The fraction of sp³-hybridized carbons (Fsp3) is 0.611. The van der Waals surface area contributed by atoms with E-state index in [1.807, 2.05) is 12.1 Å². The molecule has 0 saturated carbocycles. The number of ether oxygens (including phenoxy) is 1. The lowest BCUT2D eigenvalue weighted by Crippen LogP contribution is -2.36. The molecule has 6 heteroatoms. The smallest absolute Gasteiger partial charge is 0.106 e. The molecule has 134 valence electrons. The zero-order valence-corrected chi connectivity index (χ0v) is 15.8. The van der Waals surface area contributed by atoms with Crippen molar-refractivity contribution < 1.29 is 9.57 Å². The number of morpholine rings is 1. The van der Waals surface area contributed by atoms with Crippen LogP contribution in [-0.2, 0) is 9.57 Å². The molecule has 0 aliphatic carbocycles. The minimum atomic E-state index is 0.545. The molecule has 1 aromatic carbocycles. The minimum absolute atomic E-state index is 0.545. The molecule has 1 fully saturated rings. The Bertz CT molecular complexity index is 532. The summed E-state index contributed by atoms with van der Waals surface area (Å²) in [6, 6.07) is 5.58. The second kappa shape index (κ2) is 10.9. The van der Waals surface area contributed by atoms with Crippen molar-refractivity contribution in [2.75, 3.05) is 40.0 Å². The van der Waals surface area contributed by atoms with Gasteiger partial charge in [0.1, 0.15) is 7.11 Å². The first-order valence-electron chi connectivity index (χ1n) is 8.56. The van der Waals surface area contributed by atoms with Crippen LogP contribution >= 0.6 is 23.2 Å². The summed E-state index contributed by atoms with van der Waals surface area (Å²) in [6.45, 7) is 5.07. The predicted molar refractivity (Wildman–Crippen MR) is 100 cm³/mol. The zero-order chi connectivity index (χ0) is 17.2. The normalized spacial score (nSPS) is 16.4. The molecule has 1 saturated heterocycles. The van der Waals surface area contributed by atoms with Gasteiger partial charge >= 0.3 is 0 Å². The largest absolute Gasteiger partial charge is 0.399 e. The van der Waals surface area contributed by atoms with Gasteiger partial charge in [0.15, 0.2) is 0 Å². The Morgan fingerprint density at radius 2 is 1.88 bits per heavy atom. The lowest BCUT2D eigenvalue weighted by Gasteiger charge is -2.26. The lowest BCUT2D eigenvalue weighted by atomic mass is 10.0. The molecule has 1 aliphatic heterocycles. The molecule has 0 atom stereocenters. The molecule has 0 bridgehead atoms. The van der Waals surface area contributed by atoms with Gasteiger partial charge in [-0.05, 0) is 37.9 Å². The highest BCUT2D eigenvalue weighted by atomic mass is 35.5. The minimum Gasteiger partial charge on any atom is -0.399 e. The first-order valence-corrected chi connectivity index (χ1v) is 9.32. The lowest BCUT2D eigenvalue weighted by molar-refractivity contribution is 0.0371. The molecule has 0 spiro atoms. The maximum absolute atomic E-state index is 6.09. The van der Waals surface area contributed by atoms with Gasteiger partial charge in [-0.15, -0.1) is 0 Å². The summed E-state index contributed by atoms with van der Waals surface area (Å²) in [7, 11) is 1.57.